The fourth-order valence-electron chi connectivity index (χ4n) is 2.71. The number of hydrazine groups is 1. The van der Waals surface area contributed by atoms with Gasteiger partial charge >= 0.3 is 0 Å². The predicted octanol–water partition coefficient (Wildman–Crippen LogP) is 2.28. The summed E-state index contributed by atoms with van der Waals surface area (Å²) in [6.07, 6.45) is 0.680. The Labute approximate surface area is 144 Å². The summed E-state index contributed by atoms with van der Waals surface area (Å²) in [7, 11) is 1.54. The number of alkyl halides is 2. The van der Waals surface area contributed by atoms with Crippen molar-refractivity contribution in [3.8, 4) is 5.75 Å². The molecule has 0 bridgehead atoms. The van der Waals surface area contributed by atoms with E-state index < -0.39 is 5.92 Å². The van der Waals surface area contributed by atoms with Crippen LogP contribution in [0.2, 0.25) is 0 Å². The van der Waals surface area contributed by atoms with E-state index in [1.807, 2.05) is 0 Å². The van der Waals surface area contributed by atoms with Gasteiger partial charge in [0.1, 0.15) is 5.75 Å². The Morgan fingerprint density at radius 2 is 2.08 bits per heavy atom. The number of hydrogen-bond donors (Lipinski definition) is 3. The molecule has 1 fully saturated rings. The molecule has 0 amide bonds. The van der Waals surface area contributed by atoms with Gasteiger partial charge in [0.2, 0.25) is 5.92 Å². The molecule has 24 heavy (non-hydrogen) atoms. The fraction of sp³-hybridized carbons (Fsp3) is 0.533. The number of benzene rings is 1. The van der Waals surface area contributed by atoms with Gasteiger partial charge in [-0.25, -0.2) is 19.7 Å². The fourth-order valence-corrected chi connectivity index (χ4v) is 3.11. The number of rotatable bonds is 6. The van der Waals surface area contributed by atoms with Crippen LogP contribution in [0.4, 0.5) is 8.78 Å². The molecule has 0 aliphatic heterocycles. The molecule has 0 saturated heterocycles. The second kappa shape index (κ2) is 8.00. The summed E-state index contributed by atoms with van der Waals surface area (Å²) in [6, 6.07) is 5.28. The Kier molecular flexibility index (Phi) is 6.25. The summed E-state index contributed by atoms with van der Waals surface area (Å²) in [4.78, 5) is 0.779. The quantitative estimate of drug-likeness (QED) is 0.237. The van der Waals surface area contributed by atoms with Crippen molar-refractivity contribution < 1.29 is 13.5 Å². The molecule has 1 aromatic rings. The van der Waals surface area contributed by atoms with Crippen molar-refractivity contribution in [3.63, 3.8) is 0 Å². The van der Waals surface area contributed by atoms with Crippen molar-refractivity contribution in [3.05, 3.63) is 23.8 Å². The van der Waals surface area contributed by atoms with E-state index in [1.165, 1.54) is 5.12 Å². The van der Waals surface area contributed by atoms with Gasteiger partial charge in [0, 0.05) is 18.4 Å². The highest BCUT2D eigenvalue weighted by Gasteiger charge is 2.35. The average Bonchev–Trinajstić information content (AvgIpc) is 2.56. The van der Waals surface area contributed by atoms with Gasteiger partial charge in [0.25, 0.3) is 0 Å². The maximum Gasteiger partial charge on any atom is 0.248 e. The third-order valence-electron chi connectivity index (χ3n) is 4.10. The summed E-state index contributed by atoms with van der Waals surface area (Å²) >= 11 is 1.08. The molecule has 9 heteroatoms. The lowest BCUT2D eigenvalue weighted by Crippen LogP contribution is -2.36. The van der Waals surface area contributed by atoms with Gasteiger partial charge in [-0.3, -0.25) is 5.14 Å². The Balaban J connectivity index is 1.99. The van der Waals surface area contributed by atoms with E-state index in [2.05, 4.69) is 5.10 Å². The van der Waals surface area contributed by atoms with Crippen LogP contribution in [0.3, 0.4) is 0 Å². The number of hydrazone groups is 1. The smallest absolute Gasteiger partial charge is 0.248 e. The molecule has 0 radical (unpaired) electrons. The van der Waals surface area contributed by atoms with Gasteiger partial charge in [-0.1, -0.05) is 0 Å². The van der Waals surface area contributed by atoms with Crippen molar-refractivity contribution >= 4 is 17.8 Å². The minimum atomic E-state index is -2.54. The number of halogens is 2. The first-order chi connectivity index (χ1) is 11.3. The number of ether oxygens (including phenoxy) is 1. The van der Waals surface area contributed by atoms with Crippen LogP contribution in [0.25, 0.3) is 0 Å². The van der Waals surface area contributed by atoms with Gasteiger partial charge in [0.05, 0.1) is 18.6 Å². The van der Waals surface area contributed by atoms with Gasteiger partial charge in [-0.15, -0.1) is 5.10 Å². The summed E-state index contributed by atoms with van der Waals surface area (Å²) in [5.74, 6) is 4.23. The van der Waals surface area contributed by atoms with Crippen LogP contribution in [-0.2, 0) is 0 Å². The van der Waals surface area contributed by atoms with E-state index >= 15 is 0 Å². The molecular formula is C15H23F2N5OS. The Bertz CT molecular complexity index is 589. The average molecular weight is 359 g/mol. The zero-order chi connectivity index (χ0) is 17.7. The number of hydrogen-bond acceptors (Lipinski definition) is 6. The highest BCUT2D eigenvalue weighted by atomic mass is 32.2. The third-order valence-corrected chi connectivity index (χ3v) is 4.70. The zero-order valence-corrected chi connectivity index (χ0v) is 14.4. The van der Waals surface area contributed by atoms with Gasteiger partial charge < -0.3 is 10.5 Å². The molecule has 0 spiro atoms. The predicted molar refractivity (Wildman–Crippen MR) is 91.6 cm³/mol. The van der Waals surface area contributed by atoms with Crippen molar-refractivity contribution in [2.24, 2.45) is 27.7 Å². The lowest BCUT2D eigenvalue weighted by atomic mass is 9.87. The van der Waals surface area contributed by atoms with E-state index in [4.69, 9.17) is 21.5 Å². The molecule has 0 aromatic heterocycles. The first kappa shape index (κ1) is 18.8. The maximum absolute atomic E-state index is 13.2. The topological polar surface area (TPSA) is 103 Å². The van der Waals surface area contributed by atoms with Crippen molar-refractivity contribution in [1.29, 1.82) is 0 Å². The Morgan fingerprint density at radius 3 is 2.67 bits per heavy atom. The number of methoxy groups -OCH3 is 1. The van der Waals surface area contributed by atoms with E-state index in [9.17, 15) is 8.78 Å². The second-order valence-corrected chi connectivity index (χ2v) is 6.57. The first-order valence-corrected chi connectivity index (χ1v) is 8.52. The molecule has 2 rings (SSSR count). The largest absolute Gasteiger partial charge is 0.496 e. The lowest BCUT2D eigenvalue weighted by Gasteiger charge is -2.29. The van der Waals surface area contributed by atoms with Crippen molar-refractivity contribution in [1.82, 2.24) is 5.12 Å². The Hall–Kier alpha value is -1.58. The monoisotopic (exact) mass is 359 g/mol. The zero-order valence-electron chi connectivity index (χ0n) is 13.5. The second-order valence-electron chi connectivity index (χ2n) is 5.89. The van der Waals surface area contributed by atoms with Crippen LogP contribution in [0.1, 0.15) is 31.2 Å². The molecule has 1 aliphatic carbocycles. The highest BCUT2D eigenvalue weighted by Crippen LogP contribution is 2.36. The van der Waals surface area contributed by atoms with E-state index in [0.717, 1.165) is 16.8 Å². The summed E-state index contributed by atoms with van der Waals surface area (Å²) in [6.45, 7) is 0.394. The standard InChI is InChI=1S/C15H23F2N5OS/c1-23-12-8-11(2-3-13(12)24-20)14(18)21-22(19)9-10-4-6-15(16,17)7-5-10/h2-3,8,10H,4-7,9,19-20H2,1H3,(H2,18,21). The minimum absolute atomic E-state index is 0.0942. The molecule has 6 nitrogen and oxygen atoms in total. The normalized spacial score (nSPS) is 18.5. The van der Waals surface area contributed by atoms with Crippen LogP contribution in [0, 0.1) is 5.92 Å². The van der Waals surface area contributed by atoms with Crippen LogP contribution < -0.4 is 21.5 Å². The molecule has 0 unspecified atom stereocenters. The molecule has 1 aromatic carbocycles. The Morgan fingerprint density at radius 1 is 1.42 bits per heavy atom. The number of nitrogens with zero attached hydrogens (tertiary/aromatic N) is 2. The van der Waals surface area contributed by atoms with Crippen molar-refractivity contribution in [2.75, 3.05) is 13.7 Å². The molecular weight excluding hydrogens is 336 g/mol. The SMILES string of the molecule is COc1cc(/C(N)=N/N(N)CC2CCC(F)(F)CC2)ccc1SN. The molecule has 6 N–H and O–H groups in total. The highest BCUT2D eigenvalue weighted by molar-refractivity contribution is 7.97. The van der Waals surface area contributed by atoms with Gasteiger partial charge in [-0.2, -0.15) is 0 Å². The summed E-state index contributed by atoms with van der Waals surface area (Å²) < 4.78 is 31.6. The van der Waals surface area contributed by atoms with Gasteiger partial charge in [0.15, 0.2) is 5.84 Å². The lowest BCUT2D eigenvalue weighted by molar-refractivity contribution is -0.0489. The maximum atomic E-state index is 13.2. The molecule has 0 atom stereocenters. The van der Waals surface area contributed by atoms with Crippen LogP contribution in [0.5, 0.6) is 5.75 Å². The van der Waals surface area contributed by atoms with E-state index in [1.54, 1.807) is 25.3 Å². The minimum Gasteiger partial charge on any atom is -0.496 e. The van der Waals surface area contributed by atoms with Crippen molar-refractivity contribution in [2.45, 2.75) is 36.5 Å². The molecule has 0 heterocycles. The number of amidine groups is 1. The van der Waals surface area contributed by atoms with Gasteiger partial charge in [-0.05, 0) is 48.9 Å². The first-order valence-electron chi connectivity index (χ1n) is 7.64. The molecule has 1 saturated carbocycles. The molecule has 1 aliphatic rings. The van der Waals surface area contributed by atoms with Crippen LogP contribution >= 0.6 is 11.9 Å². The van der Waals surface area contributed by atoms with Crippen LogP contribution in [-0.4, -0.2) is 30.5 Å². The van der Waals surface area contributed by atoms with E-state index in [-0.39, 0.29) is 24.6 Å². The van der Waals surface area contributed by atoms with E-state index in [0.29, 0.717) is 30.7 Å². The number of nitrogens with two attached hydrogens (primary N) is 3. The third kappa shape index (κ3) is 4.96. The van der Waals surface area contributed by atoms with Crippen LogP contribution in [0.15, 0.2) is 28.2 Å². The molecule has 134 valence electrons. The summed E-state index contributed by atoms with van der Waals surface area (Å²) in [5, 5.41) is 10.9. The summed E-state index contributed by atoms with van der Waals surface area (Å²) in [5.41, 5.74) is 6.62.